The molecule has 0 saturated carbocycles. The number of aliphatic hydroxyl groups excluding tert-OH is 1. The van der Waals surface area contributed by atoms with Crippen molar-refractivity contribution in [1.82, 2.24) is 0 Å². The molecule has 3 nitrogen and oxygen atoms in total. The van der Waals surface area contributed by atoms with Gasteiger partial charge in [0.2, 0.25) is 0 Å². The minimum Gasteiger partial charge on any atom is -0.391 e. The highest BCUT2D eigenvalue weighted by atomic mass is 16.5. The highest BCUT2D eigenvalue weighted by molar-refractivity contribution is 5.77. The van der Waals surface area contributed by atoms with Crippen LogP contribution >= 0.6 is 0 Å². The van der Waals surface area contributed by atoms with Gasteiger partial charge in [-0.1, -0.05) is 6.92 Å². The van der Waals surface area contributed by atoms with Crippen molar-refractivity contribution in [2.24, 2.45) is 0 Å². The Hall–Kier alpha value is -0.410. The largest absolute Gasteiger partial charge is 0.391 e. The average molecular weight is 160 g/mol. The summed E-state index contributed by atoms with van der Waals surface area (Å²) in [7, 11) is 1.53. The monoisotopic (exact) mass is 160 g/mol. The van der Waals surface area contributed by atoms with E-state index in [1.165, 1.54) is 7.11 Å². The zero-order valence-corrected chi connectivity index (χ0v) is 7.17. The summed E-state index contributed by atoms with van der Waals surface area (Å²) in [4.78, 5) is 10.8. The van der Waals surface area contributed by atoms with Crippen molar-refractivity contribution in [1.29, 1.82) is 0 Å². The molecule has 0 aromatic heterocycles. The number of ether oxygens (including phenoxy) is 1. The summed E-state index contributed by atoms with van der Waals surface area (Å²) in [5.41, 5.74) is 0. The Balaban J connectivity index is 3.29. The first kappa shape index (κ1) is 10.6. The molecule has 66 valence electrons. The van der Waals surface area contributed by atoms with Crippen LogP contribution in [0.15, 0.2) is 0 Å². The predicted molar refractivity (Wildman–Crippen MR) is 42.4 cm³/mol. The summed E-state index contributed by atoms with van der Waals surface area (Å²) in [6, 6.07) is 0. The average Bonchev–Trinajstić information content (AvgIpc) is 2.01. The molecule has 0 aromatic rings. The van der Waals surface area contributed by atoms with E-state index in [0.717, 1.165) is 0 Å². The molecule has 1 N–H and O–H groups in total. The van der Waals surface area contributed by atoms with Crippen LogP contribution in [0.25, 0.3) is 0 Å². The first-order chi connectivity index (χ1) is 5.20. The second kappa shape index (κ2) is 6.31. The molecular formula is C8H16O3. The maximum atomic E-state index is 10.8. The lowest BCUT2D eigenvalue weighted by atomic mass is 10.1. The number of Topliss-reactive ketones (excluding diaryl/α,β-unsaturated/α-hetero) is 1. The maximum Gasteiger partial charge on any atom is 0.132 e. The normalized spacial score (nSPS) is 13.0. The Kier molecular flexibility index (Phi) is 6.07. The quantitative estimate of drug-likeness (QED) is 0.623. The number of hydrogen-bond donors (Lipinski definition) is 1. The van der Waals surface area contributed by atoms with Crippen LogP contribution in [0, 0.1) is 0 Å². The molecule has 1 atom stereocenters. The molecule has 0 saturated heterocycles. The summed E-state index contributed by atoms with van der Waals surface area (Å²) in [5, 5.41) is 9.12. The van der Waals surface area contributed by atoms with Crippen LogP contribution in [0.1, 0.15) is 26.2 Å². The van der Waals surface area contributed by atoms with Gasteiger partial charge in [0.25, 0.3) is 0 Å². The van der Waals surface area contributed by atoms with Gasteiger partial charge in [-0.15, -0.1) is 0 Å². The molecule has 0 radical (unpaired) electrons. The van der Waals surface area contributed by atoms with Crippen LogP contribution in [-0.2, 0) is 9.53 Å². The summed E-state index contributed by atoms with van der Waals surface area (Å²) >= 11 is 0. The molecule has 0 spiro atoms. The van der Waals surface area contributed by atoms with E-state index < -0.39 is 6.10 Å². The van der Waals surface area contributed by atoms with Crippen LogP contribution < -0.4 is 0 Å². The number of carbonyl (C=O) groups excluding carboxylic acids is 1. The van der Waals surface area contributed by atoms with Gasteiger partial charge in [0.05, 0.1) is 12.7 Å². The van der Waals surface area contributed by atoms with E-state index in [1.54, 1.807) is 0 Å². The van der Waals surface area contributed by atoms with Crippen molar-refractivity contribution in [3.8, 4) is 0 Å². The van der Waals surface area contributed by atoms with E-state index in [0.29, 0.717) is 25.9 Å². The van der Waals surface area contributed by atoms with Crippen molar-refractivity contribution in [3.63, 3.8) is 0 Å². The van der Waals surface area contributed by atoms with Gasteiger partial charge in [0.1, 0.15) is 5.78 Å². The molecule has 0 aromatic carbocycles. The Morgan fingerprint density at radius 1 is 1.64 bits per heavy atom. The van der Waals surface area contributed by atoms with E-state index in [4.69, 9.17) is 9.84 Å². The molecule has 0 bridgehead atoms. The smallest absolute Gasteiger partial charge is 0.132 e. The summed E-state index contributed by atoms with van der Waals surface area (Å²) in [5.74, 6) is 0.195. The predicted octanol–water partition coefficient (Wildman–Crippen LogP) is 0.753. The van der Waals surface area contributed by atoms with E-state index in [-0.39, 0.29) is 5.78 Å². The van der Waals surface area contributed by atoms with Gasteiger partial charge in [0.15, 0.2) is 0 Å². The third kappa shape index (κ3) is 6.01. The van der Waals surface area contributed by atoms with Gasteiger partial charge < -0.3 is 9.84 Å². The topological polar surface area (TPSA) is 46.5 Å². The molecule has 0 aliphatic heterocycles. The molecular weight excluding hydrogens is 144 g/mol. The Morgan fingerprint density at radius 3 is 2.73 bits per heavy atom. The second-order valence-corrected chi connectivity index (χ2v) is 2.54. The van der Waals surface area contributed by atoms with Gasteiger partial charge in [0, 0.05) is 20.0 Å². The minimum absolute atomic E-state index is 0.195. The maximum absolute atomic E-state index is 10.8. The van der Waals surface area contributed by atoms with Gasteiger partial charge in [-0.2, -0.15) is 0 Å². The van der Waals surface area contributed by atoms with Gasteiger partial charge >= 0.3 is 0 Å². The fourth-order valence-electron chi connectivity index (χ4n) is 0.780. The Bertz CT molecular complexity index is 112. The lowest BCUT2D eigenvalue weighted by molar-refractivity contribution is -0.119. The third-order valence-corrected chi connectivity index (χ3v) is 1.51. The Morgan fingerprint density at radius 2 is 2.27 bits per heavy atom. The molecule has 3 heteroatoms. The molecule has 0 fully saturated rings. The van der Waals surface area contributed by atoms with Gasteiger partial charge in [-0.05, 0) is 6.42 Å². The van der Waals surface area contributed by atoms with Crippen molar-refractivity contribution in [3.05, 3.63) is 0 Å². The zero-order valence-electron chi connectivity index (χ0n) is 7.17. The molecule has 0 heterocycles. The molecule has 0 amide bonds. The molecule has 11 heavy (non-hydrogen) atoms. The minimum atomic E-state index is -0.490. The van der Waals surface area contributed by atoms with Gasteiger partial charge in [-0.25, -0.2) is 0 Å². The second-order valence-electron chi connectivity index (χ2n) is 2.54. The number of hydrogen-bond acceptors (Lipinski definition) is 3. The Labute approximate surface area is 67.4 Å². The molecule has 0 aliphatic rings. The van der Waals surface area contributed by atoms with Crippen LogP contribution in [0.3, 0.4) is 0 Å². The summed E-state index contributed by atoms with van der Waals surface area (Å²) in [6.45, 7) is 2.14. The lowest BCUT2D eigenvalue weighted by Crippen LogP contribution is -2.15. The number of ketones is 1. The third-order valence-electron chi connectivity index (χ3n) is 1.51. The van der Waals surface area contributed by atoms with E-state index in [2.05, 4.69) is 0 Å². The zero-order chi connectivity index (χ0) is 8.69. The highest BCUT2D eigenvalue weighted by Crippen LogP contribution is 1.99. The summed E-state index contributed by atoms with van der Waals surface area (Å²) in [6.07, 6.45) is 1.04. The number of rotatable bonds is 6. The van der Waals surface area contributed by atoms with Crippen molar-refractivity contribution >= 4 is 5.78 Å². The number of methoxy groups -OCH3 is 1. The van der Waals surface area contributed by atoms with Gasteiger partial charge in [-0.3, -0.25) is 4.79 Å². The van der Waals surface area contributed by atoms with Crippen LogP contribution in [-0.4, -0.2) is 30.7 Å². The van der Waals surface area contributed by atoms with E-state index >= 15 is 0 Å². The van der Waals surface area contributed by atoms with Crippen molar-refractivity contribution in [2.45, 2.75) is 32.3 Å². The van der Waals surface area contributed by atoms with Crippen LogP contribution in [0.4, 0.5) is 0 Å². The first-order valence-corrected chi connectivity index (χ1v) is 3.89. The number of carbonyl (C=O) groups is 1. The SMILES string of the molecule is CCC(=O)CC[C@H](O)COC. The standard InChI is InChI=1S/C8H16O3/c1-3-7(9)4-5-8(10)6-11-2/h8,10H,3-6H2,1-2H3/t8-/m0/s1. The summed E-state index contributed by atoms with van der Waals surface area (Å²) < 4.78 is 4.71. The van der Waals surface area contributed by atoms with Crippen molar-refractivity contribution in [2.75, 3.05) is 13.7 Å². The fraction of sp³-hybridized carbons (Fsp3) is 0.875. The number of aliphatic hydroxyl groups is 1. The highest BCUT2D eigenvalue weighted by Gasteiger charge is 2.05. The van der Waals surface area contributed by atoms with Crippen LogP contribution in [0.5, 0.6) is 0 Å². The fourth-order valence-corrected chi connectivity index (χ4v) is 0.780. The van der Waals surface area contributed by atoms with E-state index in [1.807, 2.05) is 6.92 Å². The van der Waals surface area contributed by atoms with E-state index in [9.17, 15) is 4.79 Å². The lowest BCUT2D eigenvalue weighted by Gasteiger charge is -2.07. The van der Waals surface area contributed by atoms with Crippen LogP contribution in [0.2, 0.25) is 0 Å². The molecule has 0 rings (SSSR count). The first-order valence-electron chi connectivity index (χ1n) is 3.89. The van der Waals surface area contributed by atoms with Crippen molar-refractivity contribution < 1.29 is 14.6 Å². The molecule has 0 unspecified atom stereocenters. The molecule has 0 aliphatic carbocycles.